The Kier molecular flexibility index (Phi) is 7.57. The number of nitrogens with zero attached hydrogens (tertiary/aromatic N) is 2. The molecule has 0 N–H and O–H groups in total. The van der Waals surface area contributed by atoms with Gasteiger partial charge in [-0.3, -0.25) is 14.5 Å². The monoisotopic (exact) mass is 498 g/mol. The van der Waals surface area contributed by atoms with Gasteiger partial charge in [0, 0.05) is 17.1 Å². The molecule has 2 aliphatic rings. The molecule has 0 aromatic heterocycles. The van der Waals surface area contributed by atoms with Gasteiger partial charge in [-0.25, -0.2) is 0 Å². The Balaban J connectivity index is 1.65. The van der Waals surface area contributed by atoms with Gasteiger partial charge in [-0.05, 0) is 36.1 Å². The van der Waals surface area contributed by atoms with Crippen LogP contribution in [0.1, 0.15) is 50.7 Å². The molecular weight excluding hydrogens is 472 g/mol. The Morgan fingerprint density at radius 3 is 2.42 bits per heavy atom. The third kappa shape index (κ3) is 4.88. The second-order valence-corrected chi connectivity index (χ2v) is 10.5. The number of benzene rings is 2. The number of carbonyl (C=O) groups is 2. The minimum atomic E-state index is -0.162. The summed E-state index contributed by atoms with van der Waals surface area (Å²) >= 11 is 12.9. The van der Waals surface area contributed by atoms with E-state index < -0.39 is 0 Å². The fraction of sp³-hybridized carbons (Fsp3) is 0.346. The molecule has 0 aliphatic carbocycles. The van der Waals surface area contributed by atoms with Gasteiger partial charge in [0.05, 0.1) is 22.7 Å². The second-order valence-electron chi connectivity index (χ2n) is 8.44. The maximum absolute atomic E-state index is 13.6. The number of thiocarbonyl (C=S) groups is 1. The van der Waals surface area contributed by atoms with Crippen LogP contribution in [0.5, 0.6) is 0 Å². The molecule has 33 heavy (non-hydrogen) atoms. The largest absolute Gasteiger partial charge is 0.303 e. The van der Waals surface area contributed by atoms with Gasteiger partial charge in [-0.2, -0.15) is 0 Å². The number of hydrogen-bond acceptors (Lipinski definition) is 4. The lowest BCUT2D eigenvalue weighted by atomic mass is 9.98. The van der Waals surface area contributed by atoms with E-state index in [-0.39, 0.29) is 11.8 Å². The van der Waals surface area contributed by atoms with E-state index in [1.165, 1.54) is 11.8 Å². The first-order valence-electron chi connectivity index (χ1n) is 11.4. The molecular formula is C26H27ClN2O2S2. The summed E-state index contributed by atoms with van der Waals surface area (Å²) < 4.78 is 0.541. The molecule has 4 nitrogen and oxygen atoms in total. The standard InChI is InChI=1S/C26H27ClN2O2S2/c1-3-5-8-17(4-2)15-29-25(31)23(33-26(29)32)22-20-9-6-7-10-21(20)28(24(22)30)16-18-11-13-19(27)14-12-18/h6-7,9-14,17H,3-5,8,15-16H2,1-2H3/b23-22-/t17-/m1/s1. The predicted octanol–water partition coefficient (Wildman–Crippen LogP) is 6.67. The minimum Gasteiger partial charge on any atom is -0.303 e. The number of amides is 2. The van der Waals surface area contributed by atoms with Crippen molar-refractivity contribution in [2.45, 2.75) is 46.1 Å². The molecule has 2 aliphatic heterocycles. The fourth-order valence-corrected chi connectivity index (χ4v) is 5.78. The molecule has 7 heteroatoms. The summed E-state index contributed by atoms with van der Waals surface area (Å²) in [6.45, 7) is 5.35. The van der Waals surface area contributed by atoms with Crippen LogP contribution in [0.3, 0.4) is 0 Å². The smallest absolute Gasteiger partial charge is 0.267 e. The lowest BCUT2D eigenvalue weighted by Gasteiger charge is -2.21. The number of para-hydroxylation sites is 1. The lowest BCUT2D eigenvalue weighted by molar-refractivity contribution is -0.123. The average molecular weight is 499 g/mol. The van der Waals surface area contributed by atoms with E-state index in [0.717, 1.165) is 42.5 Å². The Labute approximate surface area is 210 Å². The molecule has 0 bridgehead atoms. The van der Waals surface area contributed by atoms with E-state index in [1.807, 2.05) is 48.5 Å². The van der Waals surface area contributed by atoms with Crippen molar-refractivity contribution in [2.75, 3.05) is 11.4 Å². The van der Waals surface area contributed by atoms with E-state index in [0.29, 0.717) is 38.8 Å². The second kappa shape index (κ2) is 10.4. The number of rotatable bonds is 8. The Morgan fingerprint density at radius 1 is 1.00 bits per heavy atom. The molecule has 2 heterocycles. The van der Waals surface area contributed by atoms with Crippen molar-refractivity contribution < 1.29 is 9.59 Å². The van der Waals surface area contributed by atoms with Crippen molar-refractivity contribution in [1.29, 1.82) is 0 Å². The van der Waals surface area contributed by atoms with Crippen molar-refractivity contribution in [3.63, 3.8) is 0 Å². The third-order valence-corrected chi connectivity index (χ3v) is 7.94. The highest BCUT2D eigenvalue weighted by atomic mass is 35.5. The average Bonchev–Trinajstić information content (AvgIpc) is 3.25. The number of hydrogen-bond donors (Lipinski definition) is 0. The van der Waals surface area contributed by atoms with E-state index in [9.17, 15) is 9.59 Å². The van der Waals surface area contributed by atoms with Gasteiger partial charge in [-0.1, -0.05) is 99.0 Å². The van der Waals surface area contributed by atoms with Crippen LogP contribution in [-0.2, 0) is 16.1 Å². The van der Waals surface area contributed by atoms with Gasteiger partial charge in [0.2, 0.25) is 0 Å². The minimum absolute atomic E-state index is 0.147. The Hall–Kier alpha value is -2.15. The van der Waals surface area contributed by atoms with Crippen LogP contribution in [0.2, 0.25) is 5.02 Å². The van der Waals surface area contributed by atoms with E-state index in [1.54, 1.807) is 9.80 Å². The van der Waals surface area contributed by atoms with Gasteiger partial charge in [-0.15, -0.1) is 0 Å². The number of carbonyl (C=O) groups excluding carboxylic acids is 2. The van der Waals surface area contributed by atoms with Crippen molar-refractivity contribution in [1.82, 2.24) is 4.90 Å². The van der Waals surface area contributed by atoms with Crippen molar-refractivity contribution in [3.8, 4) is 0 Å². The summed E-state index contributed by atoms with van der Waals surface area (Å²) in [5.41, 5.74) is 3.03. The first-order valence-corrected chi connectivity index (χ1v) is 13.0. The number of halogens is 1. The lowest BCUT2D eigenvalue weighted by Crippen LogP contribution is -2.33. The summed E-state index contributed by atoms with van der Waals surface area (Å²) in [5.74, 6) is 0.0980. The van der Waals surface area contributed by atoms with Crippen molar-refractivity contribution in [2.24, 2.45) is 5.92 Å². The number of fused-ring (bicyclic) bond motifs is 1. The molecule has 1 saturated heterocycles. The van der Waals surface area contributed by atoms with Gasteiger partial charge in [0.25, 0.3) is 11.8 Å². The SMILES string of the molecule is CCCC[C@@H](CC)CN1C(=O)/C(=C2/C(=O)N(Cc3ccc(Cl)cc3)c3ccccc32)SC1=S. The van der Waals surface area contributed by atoms with Gasteiger partial charge in [0.1, 0.15) is 4.32 Å². The molecule has 2 aromatic carbocycles. The molecule has 172 valence electrons. The van der Waals surface area contributed by atoms with Crippen molar-refractivity contribution >= 4 is 63.0 Å². The highest BCUT2D eigenvalue weighted by Crippen LogP contribution is 2.45. The summed E-state index contributed by atoms with van der Waals surface area (Å²) in [4.78, 5) is 31.0. The van der Waals surface area contributed by atoms with Crippen LogP contribution < -0.4 is 4.90 Å². The van der Waals surface area contributed by atoms with E-state index in [2.05, 4.69) is 13.8 Å². The Morgan fingerprint density at radius 2 is 1.73 bits per heavy atom. The van der Waals surface area contributed by atoms with Crippen LogP contribution in [0, 0.1) is 5.92 Å². The van der Waals surface area contributed by atoms with Gasteiger partial charge < -0.3 is 4.90 Å². The molecule has 2 aromatic rings. The van der Waals surface area contributed by atoms with Crippen LogP contribution in [-0.4, -0.2) is 27.6 Å². The zero-order valence-corrected chi connectivity index (χ0v) is 21.2. The van der Waals surface area contributed by atoms with Crippen LogP contribution in [0.25, 0.3) is 5.57 Å². The summed E-state index contributed by atoms with van der Waals surface area (Å²) in [5, 5.41) is 0.653. The highest BCUT2D eigenvalue weighted by Gasteiger charge is 2.42. The quantitative estimate of drug-likeness (QED) is 0.301. The number of thioether (sulfide) groups is 1. The molecule has 0 spiro atoms. The predicted molar refractivity (Wildman–Crippen MR) is 141 cm³/mol. The van der Waals surface area contributed by atoms with Crippen LogP contribution in [0.4, 0.5) is 5.69 Å². The molecule has 0 unspecified atom stereocenters. The maximum atomic E-state index is 13.6. The number of unbranched alkanes of at least 4 members (excludes halogenated alkanes) is 1. The summed E-state index contributed by atoms with van der Waals surface area (Å²) in [6.07, 6.45) is 4.35. The topological polar surface area (TPSA) is 40.6 Å². The first kappa shape index (κ1) is 24.0. The summed E-state index contributed by atoms with van der Waals surface area (Å²) in [7, 11) is 0. The molecule has 4 rings (SSSR count). The zero-order valence-electron chi connectivity index (χ0n) is 18.8. The van der Waals surface area contributed by atoms with E-state index in [4.69, 9.17) is 23.8 Å². The first-order chi connectivity index (χ1) is 15.9. The van der Waals surface area contributed by atoms with Gasteiger partial charge >= 0.3 is 0 Å². The normalized spacial score (nSPS) is 18.9. The molecule has 1 atom stereocenters. The maximum Gasteiger partial charge on any atom is 0.267 e. The fourth-order valence-electron chi connectivity index (χ4n) is 4.31. The highest BCUT2D eigenvalue weighted by molar-refractivity contribution is 8.26. The molecule has 2 amide bonds. The van der Waals surface area contributed by atoms with Gasteiger partial charge in [0.15, 0.2) is 0 Å². The number of anilines is 1. The van der Waals surface area contributed by atoms with Crippen molar-refractivity contribution in [3.05, 3.63) is 69.6 Å². The third-order valence-electron chi connectivity index (χ3n) is 6.24. The van der Waals surface area contributed by atoms with Crippen LogP contribution >= 0.6 is 35.6 Å². The molecule has 0 saturated carbocycles. The van der Waals surface area contributed by atoms with E-state index >= 15 is 0 Å². The molecule has 1 fully saturated rings. The molecule has 0 radical (unpaired) electrons. The van der Waals surface area contributed by atoms with Crippen LogP contribution in [0.15, 0.2) is 53.4 Å². The Bertz CT molecular complexity index is 1110. The summed E-state index contributed by atoms with van der Waals surface area (Å²) in [6, 6.07) is 15.1. The zero-order chi connectivity index (χ0) is 23.5.